The SMILES string of the molecule is O=C(NCCc1cc(F)cc(F)c1)c1ccc[nH]1. The van der Waals surface area contributed by atoms with Gasteiger partial charge in [0.2, 0.25) is 0 Å². The molecule has 94 valence electrons. The molecule has 2 rings (SSSR count). The molecule has 2 aromatic rings. The second-order valence-corrected chi connectivity index (χ2v) is 3.87. The van der Waals surface area contributed by atoms with Crippen LogP contribution in [-0.4, -0.2) is 17.4 Å². The Balaban J connectivity index is 1.87. The van der Waals surface area contributed by atoms with Crippen LogP contribution < -0.4 is 5.32 Å². The van der Waals surface area contributed by atoms with Crippen molar-refractivity contribution < 1.29 is 13.6 Å². The first kappa shape index (κ1) is 12.3. The fraction of sp³-hybridized carbons (Fsp3) is 0.154. The number of H-pyrrole nitrogens is 1. The molecule has 2 N–H and O–H groups in total. The summed E-state index contributed by atoms with van der Waals surface area (Å²) in [6.07, 6.45) is 2.03. The van der Waals surface area contributed by atoms with Crippen molar-refractivity contribution >= 4 is 5.91 Å². The lowest BCUT2D eigenvalue weighted by molar-refractivity contribution is 0.0950. The lowest BCUT2D eigenvalue weighted by Crippen LogP contribution is -2.25. The van der Waals surface area contributed by atoms with Gasteiger partial charge in [0.15, 0.2) is 0 Å². The third kappa shape index (κ3) is 3.16. The van der Waals surface area contributed by atoms with E-state index in [1.54, 1.807) is 18.3 Å². The monoisotopic (exact) mass is 250 g/mol. The second kappa shape index (κ2) is 5.44. The molecular weight excluding hydrogens is 238 g/mol. The molecule has 3 nitrogen and oxygen atoms in total. The van der Waals surface area contributed by atoms with Gasteiger partial charge >= 0.3 is 0 Å². The number of benzene rings is 1. The maximum absolute atomic E-state index is 12.9. The summed E-state index contributed by atoms with van der Waals surface area (Å²) in [6, 6.07) is 6.70. The molecule has 0 fully saturated rings. The maximum Gasteiger partial charge on any atom is 0.267 e. The molecule has 1 heterocycles. The topological polar surface area (TPSA) is 44.9 Å². The van der Waals surface area contributed by atoms with Crippen LogP contribution in [0.3, 0.4) is 0 Å². The molecule has 0 unspecified atom stereocenters. The van der Waals surface area contributed by atoms with Gasteiger partial charge in [0.25, 0.3) is 5.91 Å². The largest absolute Gasteiger partial charge is 0.357 e. The van der Waals surface area contributed by atoms with Crippen molar-refractivity contribution in [3.8, 4) is 0 Å². The molecule has 0 atom stereocenters. The van der Waals surface area contributed by atoms with E-state index in [0.717, 1.165) is 6.07 Å². The summed E-state index contributed by atoms with van der Waals surface area (Å²) in [5.41, 5.74) is 0.972. The van der Waals surface area contributed by atoms with Crippen LogP contribution in [-0.2, 0) is 6.42 Å². The standard InChI is InChI=1S/C13H12F2N2O/c14-10-6-9(7-11(15)8-10)3-5-17-13(18)12-2-1-4-16-12/h1-2,4,6-8,16H,3,5H2,(H,17,18). The number of rotatable bonds is 4. The van der Waals surface area contributed by atoms with Gasteiger partial charge in [-0.1, -0.05) is 0 Å². The van der Waals surface area contributed by atoms with E-state index >= 15 is 0 Å². The minimum atomic E-state index is -0.610. The van der Waals surface area contributed by atoms with E-state index in [2.05, 4.69) is 10.3 Å². The van der Waals surface area contributed by atoms with E-state index in [1.807, 2.05) is 0 Å². The molecule has 1 aromatic heterocycles. The third-order valence-electron chi connectivity index (χ3n) is 2.46. The second-order valence-electron chi connectivity index (χ2n) is 3.87. The van der Waals surface area contributed by atoms with Crippen LogP contribution in [0.2, 0.25) is 0 Å². The fourth-order valence-corrected chi connectivity index (χ4v) is 1.64. The van der Waals surface area contributed by atoms with Gasteiger partial charge in [0.1, 0.15) is 17.3 Å². The molecule has 0 saturated heterocycles. The van der Waals surface area contributed by atoms with Gasteiger partial charge in [-0.05, 0) is 36.2 Å². The molecule has 0 radical (unpaired) electrons. The van der Waals surface area contributed by atoms with Gasteiger partial charge in [-0.3, -0.25) is 4.79 Å². The predicted octanol–water partition coefficient (Wildman–Crippen LogP) is 2.27. The molecule has 1 amide bonds. The van der Waals surface area contributed by atoms with Crippen molar-refractivity contribution in [1.82, 2.24) is 10.3 Å². The number of carbonyl (C=O) groups excluding carboxylic acids is 1. The first-order chi connectivity index (χ1) is 8.65. The van der Waals surface area contributed by atoms with E-state index < -0.39 is 11.6 Å². The molecule has 18 heavy (non-hydrogen) atoms. The Morgan fingerprint density at radius 3 is 2.56 bits per heavy atom. The minimum absolute atomic E-state index is 0.239. The Morgan fingerprint density at radius 1 is 1.22 bits per heavy atom. The van der Waals surface area contributed by atoms with E-state index in [9.17, 15) is 13.6 Å². The van der Waals surface area contributed by atoms with Crippen LogP contribution in [0.25, 0.3) is 0 Å². The van der Waals surface area contributed by atoms with Crippen molar-refractivity contribution in [2.45, 2.75) is 6.42 Å². The minimum Gasteiger partial charge on any atom is -0.357 e. The molecule has 1 aromatic carbocycles. The predicted molar refractivity (Wildman–Crippen MR) is 63.2 cm³/mol. The van der Waals surface area contributed by atoms with Crippen LogP contribution in [0.4, 0.5) is 8.78 Å². The van der Waals surface area contributed by atoms with Crippen LogP contribution in [0.1, 0.15) is 16.1 Å². The van der Waals surface area contributed by atoms with Crippen molar-refractivity contribution in [2.24, 2.45) is 0 Å². The Labute approximate surface area is 103 Å². The Hall–Kier alpha value is -2.17. The maximum atomic E-state index is 12.9. The molecular formula is C13H12F2N2O. The van der Waals surface area contributed by atoms with Crippen molar-refractivity contribution in [1.29, 1.82) is 0 Å². The Morgan fingerprint density at radius 2 is 1.94 bits per heavy atom. The van der Waals surface area contributed by atoms with Crippen molar-refractivity contribution in [3.05, 3.63) is 59.4 Å². The van der Waals surface area contributed by atoms with E-state index in [1.165, 1.54) is 12.1 Å². The highest BCUT2D eigenvalue weighted by Crippen LogP contribution is 2.08. The highest BCUT2D eigenvalue weighted by molar-refractivity contribution is 5.92. The van der Waals surface area contributed by atoms with Crippen LogP contribution >= 0.6 is 0 Å². The smallest absolute Gasteiger partial charge is 0.267 e. The number of nitrogens with one attached hydrogen (secondary N) is 2. The van der Waals surface area contributed by atoms with Crippen LogP contribution in [0.5, 0.6) is 0 Å². The van der Waals surface area contributed by atoms with Crippen molar-refractivity contribution in [2.75, 3.05) is 6.54 Å². The summed E-state index contributed by atoms with van der Waals surface area (Å²) in [4.78, 5) is 14.3. The number of hydrogen-bond donors (Lipinski definition) is 2. The van der Waals surface area contributed by atoms with Crippen molar-refractivity contribution in [3.63, 3.8) is 0 Å². The molecule has 0 saturated carbocycles. The molecule has 0 aliphatic heterocycles. The lowest BCUT2D eigenvalue weighted by Gasteiger charge is -2.04. The van der Waals surface area contributed by atoms with Crippen LogP contribution in [0, 0.1) is 11.6 Å². The number of aromatic nitrogens is 1. The van der Waals surface area contributed by atoms with Crippen LogP contribution in [0.15, 0.2) is 36.5 Å². The molecule has 5 heteroatoms. The number of aromatic amines is 1. The Bertz CT molecular complexity index is 518. The third-order valence-corrected chi connectivity index (χ3v) is 2.46. The van der Waals surface area contributed by atoms with Gasteiger partial charge in [-0.2, -0.15) is 0 Å². The summed E-state index contributed by atoms with van der Waals surface area (Å²) in [6.45, 7) is 0.320. The van der Waals surface area contributed by atoms with Gasteiger partial charge < -0.3 is 10.3 Å². The molecule has 0 spiro atoms. The van der Waals surface area contributed by atoms with E-state index in [4.69, 9.17) is 0 Å². The van der Waals surface area contributed by atoms with Gasteiger partial charge in [-0.25, -0.2) is 8.78 Å². The molecule has 0 bridgehead atoms. The first-order valence-corrected chi connectivity index (χ1v) is 5.52. The summed E-state index contributed by atoms with van der Waals surface area (Å²) in [5.74, 6) is -1.46. The zero-order valence-electron chi connectivity index (χ0n) is 9.54. The van der Waals surface area contributed by atoms with Gasteiger partial charge in [-0.15, -0.1) is 0 Å². The number of amides is 1. The van der Waals surface area contributed by atoms with Gasteiger partial charge in [0, 0.05) is 18.8 Å². The summed E-state index contributed by atoms with van der Waals surface area (Å²) < 4.78 is 25.8. The van der Waals surface area contributed by atoms with E-state index in [0.29, 0.717) is 24.2 Å². The number of hydrogen-bond acceptors (Lipinski definition) is 1. The van der Waals surface area contributed by atoms with E-state index in [-0.39, 0.29) is 5.91 Å². The average molecular weight is 250 g/mol. The number of carbonyl (C=O) groups is 1. The first-order valence-electron chi connectivity index (χ1n) is 5.52. The Kier molecular flexibility index (Phi) is 3.72. The zero-order chi connectivity index (χ0) is 13.0. The average Bonchev–Trinajstić information content (AvgIpc) is 2.80. The summed E-state index contributed by atoms with van der Waals surface area (Å²) in [5, 5.41) is 2.66. The molecule has 0 aliphatic carbocycles. The highest BCUT2D eigenvalue weighted by atomic mass is 19.1. The lowest BCUT2D eigenvalue weighted by atomic mass is 10.1. The zero-order valence-corrected chi connectivity index (χ0v) is 9.54. The highest BCUT2D eigenvalue weighted by Gasteiger charge is 2.05. The summed E-state index contributed by atoms with van der Waals surface area (Å²) >= 11 is 0. The molecule has 0 aliphatic rings. The summed E-state index contributed by atoms with van der Waals surface area (Å²) in [7, 11) is 0. The normalized spacial score (nSPS) is 10.3. The van der Waals surface area contributed by atoms with Gasteiger partial charge in [0.05, 0.1) is 0 Å². The fourth-order valence-electron chi connectivity index (χ4n) is 1.64. The quantitative estimate of drug-likeness (QED) is 0.859. The number of halogens is 2.